The molecule has 1 fully saturated rings. The lowest BCUT2D eigenvalue weighted by atomic mass is 9.77. The van der Waals surface area contributed by atoms with Gasteiger partial charge in [-0.1, -0.05) is 20.8 Å². The van der Waals surface area contributed by atoms with Crippen molar-refractivity contribution in [3.63, 3.8) is 0 Å². The standard InChI is InChI=1S/C14H29NO2/c1-13(2,3)5-6-14(7-9-17-12-14)11-15-8-10-16-4/h15H,5-12H2,1-4H3. The van der Waals surface area contributed by atoms with E-state index in [1.807, 2.05) is 0 Å². The summed E-state index contributed by atoms with van der Waals surface area (Å²) in [5.74, 6) is 0. The van der Waals surface area contributed by atoms with Crippen LogP contribution in [-0.4, -0.2) is 40.0 Å². The van der Waals surface area contributed by atoms with Crippen molar-refractivity contribution in [2.24, 2.45) is 10.8 Å². The molecule has 3 nitrogen and oxygen atoms in total. The third-order valence-corrected chi connectivity index (χ3v) is 3.57. The highest BCUT2D eigenvalue weighted by molar-refractivity contribution is 4.86. The van der Waals surface area contributed by atoms with E-state index >= 15 is 0 Å². The molecule has 0 aromatic carbocycles. The van der Waals surface area contributed by atoms with Gasteiger partial charge in [-0.15, -0.1) is 0 Å². The number of hydrogen-bond donors (Lipinski definition) is 1. The maximum absolute atomic E-state index is 5.61. The largest absolute Gasteiger partial charge is 0.383 e. The molecule has 1 aliphatic heterocycles. The monoisotopic (exact) mass is 243 g/mol. The predicted octanol–water partition coefficient (Wildman–Crippen LogP) is 2.46. The van der Waals surface area contributed by atoms with Gasteiger partial charge < -0.3 is 14.8 Å². The Hall–Kier alpha value is -0.120. The molecule has 1 atom stereocenters. The normalized spacial score (nSPS) is 25.4. The van der Waals surface area contributed by atoms with Crippen LogP contribution in [0.25, 0.3) is 0 Å². The zero-order valence-corrected chi connectivity index (χ0v) is 12.0. The molecule has 1 rings (SSSR count). The summed E-state index contributed by atoms with van der Waals surface area (Å²) in [5.41, 5.74) is 0.781. The molecule has 1 aliphatic rings. The van der Waals surface area contributed by atoms with Gasteiger partial charge in [-0.05, 0) is 24.7 Å². The van der Waals surface area contributed by atoms with Crippen LogP contribution in [0.3, 0.4) is 0 Å². The molecule has 0 radical (unpaired) electrons. The molecule has 0 aromatic heterocycles. The molecule has 1 unspecified atom stereocenters. The number of nitrogens with one attached hydrogen (secondary N) is 1. The van der Waals surface area contributed by atoms with Gasteiger partial charge in [0.2, 0.25) is 0 Å². The highest BCUT2D eigenvalue weighted by atomic mass is 16.5. The van der Waals surface area contributed by atoms with Crippen LogP contribution < -0.4 is 5.32 Å². The summed E-state index contributed by atoms with van der Waals surface area (Å²) in [6.45, 7) is 11.6. The topological polar surface area (TPSA) is 30.5 Å². The second kappa shape index (κ2) is 6.72. The van der Waals surface area contributed by atoms with Crippen LogP contribution in [-0.2, 0) is 9.47 Å². The molecule has 0 amide bonds. The van der Waals surface area contributed by atoms with Crippen molar-refractivity contribution in [1.82, 2.24) is 5.32 Å². The minimum atomic E-state index is 0.362. The van der Waals surface area contributed by atoms with E-state index in [1.54, 1.807) is 7.11 Å². The summed E-state index contributed by atoms with van der Waals surface area (Å²) in [7, 11) is 1.75. The molecule has 0 saturated carbocycles. The van der Waals surface area contributed by atoms with Crippen LogP contribution in [0.5, 0.6) is 0 Å². The molecule has 102 valence electrons. The Morgan fingerprint density at radius 3 is 2.65 bits per heavy atom. The Morgan fingerprint density at radius 1 is 1.35 bits per heavy atom. The van der Waals surface area contributed by atoms with Crippen molar-refractivity contribution in [3.05, 3.63) is 0 Å². The number of rotatable bonds is 7. The third-order valence-electron chi connectivity index (χ3n) is 3.57. The van der Waals surface area contributed by atoms with Gasteiger partial charge in [-0.25, -0.2) is 0 Å². The lowest BCUT2D eigenvalue weighted by molar-refractivity contribution is 0.129. The fourth-order valence-corrected chi connectivity index (χ4v) is 2.24. The lowest BCUT2D eigenvalue weighted by Crippen LogP contribution is -2.37. The van der Waals surface area contributed by atoms with E-state index in [4.69, 9.17) is 9.47 Å². The van der Waals surface area contributed by atoms with E-state index in [-0.39, 0.29) is 0 Å². The fourth-order valence-electron chi connectivity index (χ4n) is 2.24. The number of hydrogen-bond acceptors (Lipinski definition) is 3. The molecule has 1 N–H and O–H groups in total. The molecule has 1 saturated heterocycles. The van der Waals surface area contributed by atoms with Crippen molar-refractivity contribution in [3.8, 4) is 0 Å². The molecular weight excluding hydrogens is 214 g/mol. The van der Waals surface area contributed by atoms with E-state index in [2.05, 4.69) is 26.1 Å². The van der Waals surface area contributed by atoms with Gasteiger partial charge in [0.25, 0.3) is 0 Å². The summed E-state index contributed by atoms with van der Waals surface area (Å²) >= 11 is 0. The molecule has 1 heterocycles. The van der Waals surface area contributed by atoms with E-state index < -0.39 is 0 Å². The Kier molecular flexibility index (Phi) is 5.90. The predicted molar refractivity (Wildman–Crippen MR) is 71.3 cm³/mol. The van der Waals surface area contributed by atoms with E-state index in [0.717, 1.165) is 32.9 Å². The van der Waals surface area contributed by atoms with Gasteiger partial charge in [0, 0.05) is 32.2 Å². The van der Waals surface area contributed by atoms with Crippen molar-refractivity contribution in [2.75, 3.05) is 40.0 Å². The average molecular weight is 243 g/mol. The molecule has 3 heteroatoms. The number of ether oxygens (including phenoxy) is 2. The van der Waals surface area contributed by atoms with Gasteiger partial charge in [0.15, 0.2) is 0 Å². The first-order chi connectivity index (χ1) is 7.97. The Balaban J connectivity index is 2.34. The van der Waals surface area contributed by atoms with Crippen molar-refractivity contribution >= 4 is 0 Å². The van der Waals surface area contributed by atoms with Crippen molar-refractivity contribution in [1.29, 1.82) is 0 Å². The quantitative estimate of drug-likeness (QED) is 0.697. The number of methoxy groups -OCH3 is 1. The zero-order chi connectivity index (χ0) is 12.8. The minimum absolute atomic E-state index is 0.362. The first-order valence-corrected chi connectivity index (χ1v) is 6.75. The van der Waals surface area contributed by atoms with E-state index in [9.17, 15) is 0 Å². The maximum atomic E-state index is 5.61. The highest BCUT2D eigenvalue weighted by Crippen LogP contribution is 2.36. The maximum Gasteiger partial charge on any atom is 0.0587 e. The summed E-state index contributed by atoms with van der Waals surface area (Å²) in [6, 6.07) is 0. The first-order valence-electron chi connectivity index (χ1n) is 6.75. The second-order valence-electron chi connectivity index (χ2n) is 6.53. The second-order valence-corrected chi connectivity index (χ2v) is 6.53. The fraction of sp³-hybridized carbons (Fsp3) is 1.00. The van der Waals surface area contributed by atoms with Gasteiger partial charge in [0.05, 0.1) is 13.2 Å². The van der Waals surface area contributed by atoms with Crippen LogP contribution >= 0.6 is 0 Å². The molecule has 0 aliphatic carbocycles. The molecule has 0 bridgehead atoms. The molecular formula is C14H29NO2. The lowest BCUT2D eigenvalue weighted by Gasteiger charge is -2.31. The van der Waals surface area contributed by atoms with Gasteiger partial charge >= 0.3 is 0 Å². The third kappa shape index (κ3) is 5.84. The van der Waals surface area contributed by atoms with Crippen LogP contribution in [0.2, 0.25) is 0 Å². The summed E-state index contributed by atoms with van der Waals surface area (Å²) in [5, 5.41) is 3.50. The van der Waals surface area contributed by atoms with Gasteiger partial charge in [-0.2, -0.15) is 0 Å². The van der Waals surface area contributed by atoms with Crippen LogP contribution in [0, 0.1) is 10.8 Å². The zero-order valence-electron chi connectivity index (χ0n) is 12.0. The summed E-state index contributed by atoms with van der Waals surface area (Å²) in [4.78, 5) is 0. The van der Waals surface area contributed by atoms with Crippen molar-refractivity contribution < 1.29 is 9.47 Å². The highest BCUT2D eigenvalue weighted by Gasteiger charge is 2.35. The van der Waals surface area contributed by atoms with E-state index in [0.29, 0.717) is 10.8 Å². The average Bonchev–Trinajstić information content (AvgIpc) is 2.71. The smallest absolute Gasteiger partial charge is 0.0587 e. The van der Waals surface area contributed by atoms with Crippen LogP contribution in [0.15, 0.2) is 0 Å². The Morgan fingerprint density at radius 2 is 2.12 bits per heavy atom. The van der Waals surface area contributed by atoms with Crippen LogP contribution in [0.1, 0.15) is 40.0 Å². The first kappa shape index (κ1) is 14.9. The Bertz CT molecular complexity index is 205. The van der Waals surface area contributed by atoms with Crippen LogP contribution in [0.4, 0.5) is 0 Å². The van der Waals surface area contributed by atoms with Gasteiger partial charge in [0.1, 0.15) is 0 Å². The minimum Gasteiger partial charge on any atom is -0.383 e. The molecule has 0 aromatic rings. The SMILES string of the molecule is COCCNCC1(CCC(C)(C)C)CCOC1. The Labute approximate surface area is 106 Å². The van der Waals surface area contributed by atoms with Crippen molar-refractivity contribution in [2.45, 2.75) is 40.0 Å². The summed E-state index contributed by atoms with van der Waals surface area (Å²) in [6.07, 6.45) is 3.72. The molecule has 0 spiro atoms. The molecule has 17 heavy (non-hydrogen) atoms. The van der Waals surface area contributed by atoms with E-state index in [1.165, 1.54) is 19.3 Å². The summed E-state index contributed by atoms with van der Waals surface area (Å²) < 4.78 is 10.7. The van der Waals surface area contributed by atoms with Gasteiger partial charge in [-0.3, -0.25) is 0 Å².